The highest BCUT2D eigenvalue weighted by Crippen LogP contribution is 2.28. The first-order valence-corrected chi connectivity index (χ1v) is 8.72. The second kappa shape index (κ2) is 6.99. The van der Waals surface area contributed by atoms with E-state index in [1.54, 1.807) is 35.4 Å². The molecule has 1 aromatic heterocycles. The van der Waals surface area contributed by atoms with Gasteiger partial charge < -0.3 is 10.2 Å². The van der Waals surface area contributed by atoms with Crippen molar-refractivity contribution in [2.75, 3.05) is 16.8 Å². The highest BCUT2D eigenvalue weighted by Gasteiger charge is 2.26. The van der Waals surface area contributed by atoms with Crippen molar-refractivity contribution >= 4 is 29.0 Å². The molecule has 6 heteroatoms. The summed E-state index contributed by atoms with van der Waals surface area (Å²) in [7, 11) is 0. The molecule has 4 rings (SSSR count). The molecule has 0 fully saturated rings. The normalized spacial score (nSPS) is 12.6. The smallest absolute Gasteiger partial charge is 0.277 e. The van der Waals surface area contributed by atoms with E-state index >= 15 is 0 Å². The van der Waals surface area contributed by atoms with Crippen LogP contribution in [0.1, 0.15) is 33.3 Å². The number of rotatable bonds is 4. The molecule has 0 radical (unpaired) electrons. The predicted octanol–water partition coefficient (Wildman–Crippen LogP) is 3.63. The maximum Gasteiger partial charge on any atom is 0.277 e. The van der Waals surface area contributed by atoms with Crippen LogP contribution in [0.3, 0.4) is 0 Å². The fraction of sp³-hybridized carbons (Fsp3) is 0.143. The van der Waals surface area contributed by atoms with Crippen molar-refractivity contribution < 1.29 is 9.59 Å². The summed E-state index contributed by atoms with van der Waals surface area (Å²) in [6.07, 6.45) is 2.40. The van der Waals surface area contributed by atoms with Gasteiger partial charge in [0.2, 0.25) is 5.95 Å². The van der Waals surface area contributed by atoms with Crippen molar-refractivity contribution in [3.05, 3.63) is 77.6 Å². The summed E-state index contributed by atoms with van der Waals surface area (Å²) < 4.78 is 0. The molecule has 0 saturated carbocycles. The minimum absolute atomic E-state index is 0.0174. The number of nitrogens with zero attached hydrogens (tertiary/aromatic N) is 3. The van der Waals surface area contributed by atoms with Gasteiger partial charge in [-0.25, -0.2) is 9.97 Å². The molecule has 1 aliphatic rings. The number of aromatic nitrogens is 2. The number of anilines is 3. The van der Waals surface area contributed by atoms with Crippen molar-refractivity contribution in [1.29, 1.82) is 0 Å². The number of hydrogen-bond acceptors (Lipinski definition) is 5. The molecule has 1 amide bonds. The van der Waals surface area contributed by atoms with Crippen LogP contribution in [0.15, 0.2) is 60.8 Å². The first-order valence-electron chi connectivity index (χ1n) is 8.72. The zero-order valence-corrected chi connectivity index (χ0v) is 14.8. The van der Waals surface area contributed by atoms with Crippen molar-refractivity contribution in [3.8, 4) is 0 Å². The average molecular weight is 358 g/mol. The minimum atomic E-state index is -0.150. The lowest BCUT2D eigenvalue weighted by atomic mass is 10.1. The summed E-state index contributed by atoms with van der Waals surface area (Å²) in [5.41, 5.74) is 3.72. The topological polar surface area (TPSA) is 75.2 Å². The first kappa shape index (κ1) is 16.9. The quantitative estimate of drug-likeness (QED) is 0.721. The zero-order valence-electron chi connectivity index (χ0n) is 14.8. The van der Waals surface area contributed by atoms with Gasteiger partial charge in [-0.2, -0.15) is 0 Å². The summed E-state index contributed by atoms with van der Waals surface area (Å²) in [5, 5.41) is 3.06. The van der Waals surface area contributed by atoms with Crippen LogP contribution >= 0.6 is 0 Å². The molecule has 1 N–H and O–H groups in total. The molecule has 0 unspecified atom stereocenters. The number of amides is 1. The maximum atomic E-state index is 12.9. The van der Waals surface area contributed by atoms with Gasteiger partial charge in [-0.05, 0) is 43.2 Å². The van der Waals surface area contributed by atoms with Crippen molar-refractivity contribution in [2.24, 2.45) is 0 Å². The minimum Gasteiger partial charge on any atom is -0.324 e. The van der Waals surface area contributed by atoms with E-state index in [0.29, 0.717) is 29.4 Å². The van der Waals surface area contributed by atoms with E-state index in [1.165, 1.54) is 12.5 Å². The number of para-hydroxylation sites is 1. The van der Waals surface area contributed by atoms with Gasteiger partial charge in [-0.1, -0.05) is 30.3 Å². The maximum absolute atomic E-state index is 12.9. The van der Waals surface area contributed by atoms with E-state index in [4.69, 9.17) is 0 Å². The van der Waals surface area contributed by atoms with E-state index in [0.717, 1.165) is 12.1 Å². The molecule has 2 heterocycles. The summed E-state index contributed by atoms with van der Waals surface area (Å²) >= 11 is 0. The third kappa shape index (κ3) is 3.42. The van der Waals surface area contributed by atoms with Crippen LogP contribution in [0.25, 0.3) is 0 Å². The Kier molecular flexibility index (Phi) is 4.38. The Labute approximate surface area is 156 Å². The number of hydrogen-bond donors (Lipinski definition) is 1. The fourth-order valence-corrected chi connectivity index (χ4v) is 3.17. The molecule has 2 aromatic carbocycles. The lowest BCUT2D eigenvalue weighted by Crippen LogP contribution is -2.29. The molecule has 0 atom stereocenters. The monoisotopic (exact) mass is 358 g/mol. The van der Waals surface area contributed by atoms with Crippen LogP contribution in [0.4, 0.5) is 17.3 Å². The summed E-state index contributed by atoms with van der Waals surface area (Å²) in [4.78, 5) is 34.7. The Balaban J connectivity index is 1.57. The number of Topliss-reactive ketones (excluding diaryl/α,β-unsaturated/α-hetero) is 1. The van der Waals surface area contributed by atoms with Gasteiger partial charge in [0, 0.05) is 29.7 Å². The Morgan fingerprint density at radius 3 is 2.78 bits per heavy atom. The fourth-order valence-electron chi connectivity index (χ4n) is 3.17. The molecule has 3 aromatic rings. The summed E-state index contributed by atoms with van der Waals surface area (Å²) in [5.74, 6) is 0.146. The van der Waals surface area contributed by atoms with E-state index in [9.17, 15) is 9.59 Å². The van der Waals surface area contributed by atoms with Crippen LogP contribution in [0, 0.1) is 0 Å². The van der Waals surface area contributed by atoms with Crippen molar-refractivity contribution in [2.45, 2.75) is 13.3 Å². The zero-order chi connectivity index (χ0) is 18.8. The number of ketones is 1. The second-order valence-corrected chi connectivity index (χ2v) is 6.36. The number of benzene rings is 2. The molecular weight excluding hydrogens is 340 g/mol. The Morgan fingerprint density at radius 2 is 1.93 bits per heavy atom. The molecule has 134 valence electrons. The highest BCUT2D eigenvalue weighted by molar-refractivity contribution is 6.06. The lowest BCUT2D eigenvalue weighted by Gasteiger charge is -2.17. The van der Waals surface area contributed by atoms with Crippen LogP contribution < -0.4 is 10.2 Å². The molecule has 0 bridgehead atoms. The van der Waals surface area contributed by atoms with Crippen LogP contribution in [-0.2, 0) is 6.42 Å². The van der Waals surface area contributed by atoms with E-state index in [1.807, 2.05) is 30.3 Å². The number of carbonyl (C=O) groups is 2. The Hall–Kier alpha value is -3.54. The molecule has 27 heavy (non-hydrogen) atoms. The third-order valence-corrected chi connectivity index (χ3v) is 4.53. The Bertz CT molecular complexity index is 1030. The number of carbonyl (C=O) groups excluding carboxylic acids is 2. The molecule has 1 aliphatic heterocycles. The number of fused-ring (bicyclic) bond motifs is 1. The van der Waals surface area contributed by atoms with Gasteiger partial charge >= 0.3 is 0 Å². The van der Waals surface area contributed by atoms with Gasteiger partial charge in [0.25, 0.3) is 5.91 Å². The molecular formula is C21H18N4O2. The van der Waals surface area contributed by atoms with E-state index in [2.05, 4.69) is 15.3 Å². The second-order valence-electron chi connectivity index (χ2n) is 6.36. The molecule has 0 aliphatic carbocycles. The van der Waals surface area contributed by atoms with Gasteiger partial charge in [0.15, 0.2) is 5.78 Å². The SMILES string of the molecule is CC(=O)c1cccc(Nc2nccc(C(=O)N3CCc4ccccc43)n2)c1. The van der Waals surface area contributed by atoms with Crippen molar-refractivity contribution in [3.63, 3.8) is 0 Å². The molecule has 0 saturated heterocycles. The standard InChI is InChI=1S/C21H18N4O2/c1-14(26)16-6-4-7-17(13-16)23-21-22-11-9-18(24-21)20(27)25-12-10-15-5-2-3-8-19(15)25/h2-9,11,13H,10,12H2,1H3,(H,22,23,24). The predicted molar refractivity (Wildman–Crippen MR) is 104 cm³/mol. The van der Waals surface area contributed by atoms with Gasteiger partial charge in [-0.3, -0.25) is 9.59 Å². The molecule has 6 nitrogen and oxygen atoms in total. The van der Waals surface area contributed by atoms with E-state index in [-0.39, 0.29) is 11.7 Å². The average Bonchev–Trinajstić information content (AvgIpc) is 3.12. The first-order chi connectivity index (χ1) is 13.1. The van der Waals surface area contributed by atoms with Gasteiger partial charge in [-0.15, -0.1) is 0 Å². The lowest BCUT2D eigenvalue weighted by molar-refractivity contribution is 0.0982. The van der Waals surface area contributed by atoms with Crippen LogP contribution in [0.2, 0.25) is 0 Å². The summed E-state index contributed by atoms with van der Waals surface area (Å²) in [6, 6.07) is 16.6. The largest absolute Gasteiger partial charge is 0.324 e. The van der Waals surface area contributed by atoms with Crippen LogP contribution in [0.5, 0.6) is 0 Å². The van der Waals surface area contributed by atoms with Crippen molar-refractivity contribution in [1.82, 2.24) is 9.97 Å². The number of nitrogens with one attached hydrogen (secondary N) is 1. The highest BCUT2D eigenvalue weighted by atomic mass is 16.2. The summed E-state index contributed by atoms with van der Waals surface area (Å²) in [6.45, 7) is 2.16. The van der Waals surface area contributed by atoms with Crippen LogP contribution in [-0.4, -0.2) is 28.2 Å². The third-order valence-electron chi connectivity index (χ3n) is 4.53. The van der Waals surface area contributed by atoms with Gasteiger partial charge in [0.1, 0.15) is 5.69 Å². The Morgan fingerprint density at radius 1 is 1.07 bits per heavy atom. The van der Waals surface area contributed by atoms with E-state index < -0.39 is 0 Å². The molecule has 0 spiro atoms. The van der Waals surface area contributed by atoms with Gasteiger partial charge in [0.05, 0.1) is 0 Å².